The second-order valence-electron chi connectivity index (χ2n) is 4.39. The lowest BCUT2D eigenvalue weighted by Crippen LogP contribution is -2.53. The highest BCUT2D eigenvalue weighted by Gasteiger charge is 2.38. The number of likely N-dealkylation sites (N-methyl/N-ethyl adjacent to an activating group) is 1. The van der Waals surface area contributed by atoms with E-state index in [1.165, 1.54) is 0 Å². The Morgan fingerprint density at radius 1 is 1.33 bits per heavy atom. The number of hydrogen-bond acceptors (Lipinski definition) is 4. The first-order valence-corrected chi connectivity index (χ1v) is 6.24. The molecule has 0 spiro atoms. The molecule has 4 nitrogen and oxygen atoms in total. The summed E-state index contributed by atoms with van der Waals surface area (Å²) >= 11 is 0. The number of carbonyl (C=O) groups excluding carboxylic acids is 1. The van der Waals surface area contributed by atoms with Crippen LogP contribution in [0.2, 0.25) is 0 Å². The first kappa shape index (κ1) is 14.7. The highest BCUT2D eigenvalue weighted by atomic mass is 16.5. The number of esters is 1. The van der Waals surface area contributed by atoms with Crippen molar-refractivity contribution in [3.05, 3.63) is 35.9 Å². The quantitative estimate of drug-likeness (QED) is 0.774. The molecule has 1 rings (SSSR count). The summed E-state index contributed by atoms with van der Waals surface area (Å²) in [7, 11) is 1.93. The highest BCUT2D eigenvalue weighted by molar-refractivity contribution is 5.82. The minimum absolute atomic E-state index is 0.334. The molecule has 0 saturated carbocycles. The predicted octanol–water partition coefficient (Wildman–Crippen LogP) is 1.36. The van der Waals surface area contributed by atoms with Crippen molar-refractivity contribution in [1.29, 1.82) is 0 Å². The number of ether oxygens (including phenoxy) is 1. The van der Waals surface area contributed by atoms with E-state index < -0.39 is 5.54 Å². The van der Waals surface area contributed by atoms with Crippen molar-refractivity contribution in [1.82, 2.24) is 4.90 Å². The number of nitrogens with zero attached hydrogens (tertiary/aromatic N) is 1. The zero-order valence-electron chi connectivity index (χ0n) is 11.3. The molecule has 0 aromatic heterocycles. The van der Waals surface area contributed by atoms with Crippen molar-refractivity contribution < 1.29 is 9.53 Å². The van der Waals surface area contributed by atoms with E-state index in [1.807, 2.05) is 49.2 Å². The van der Waals surface area contributed by atoms with Crippen LogP contribution in [0.3, 0.4) is 0 Å². The van der Waals surface area contributed by atoms with Crippen LogP contribution in [0.4, 0.5) is 0 Å². The van der Waals surface area contributed by atoms with Crippen LogP contribution in [-0.2, 0) is 15.1 Å². The van der Waals surface area contributed by atoms with Gasteiger partial charge in [0.15, 0.2) is 5.54 Å². The van der Waals surface area contributed by atoms with Crippen LogP contribution in [0.15, 0.2) is 30.3 Å². The standard InChI is InChI=1S/C14H22N2O2/c1-4-16(3)11-14(15,13(17)18-5-2)12-9-7-6-8-10-12/h6-10H,4-5,11,15H2,1-3H3. The maximum atomic E-state index is 12.1. The fourth-order valence-corrected chi connectivity index (χ4v) is 1.81. The predicted molar refractivity (Wildman–Crippen MR) is 72.1 cm³/mol. The second-order valence-corrected chi connectivity index (χ2v) is 4.39. The highest BCUT2D eigenvalue weighted by Crippen LogP contribution is 2.21. The van der Waals surface area contributed by atoms with Crippen molar-refractivity contribution in [2.24, 2.45) is 5.73 Å². The minimum atomic E-state index is -1.11. The van der Waals surface area contributed by atoms with E-state index in [0.717, 1.165) is 12.1 Å². The number of rotatable bonds is 6. The Hall–Kier alpha value is -1.39. The minimum Gasteiger partial charge on any atom is -0.464 e. The Bertz CT molecular complexity index is 381. The van der Waals surface area contributed by atoms with E-state index in [0.29, 0.717) is 13.2 Å². The first-order chi connectivity index (χ1) is 8.54. The molecule has 1 aromatic rings. The van der Waals surface area contributed by atoms with E-state index in [-0.39, 0.29) is 5.97 Å². The SMILES string of the molecule is CCOC(=O)C(N)(CN(C)CC)c1ccccc1. The van der Waals surface area contributed by atoms with Gasteiger partial charge in [-0.2, -0.15) is 0 Å². The van der Waals surface area contributed by atoms with Crippen molar-refractivity contribution >= 4 is 5.97 Å². The summed E-state index contributed by atoms with van der Waals surface area (Å²) in [5.74, 6) is -0.378. The Morgan fingerprint density at radius 2 is 1.94 bits per heavy atom. The van der Waals surface area contributed by atoms with Gasteiger partial charge in [-0.15, -0.1) is 0 Å². The monoisotopic (exact) mass is 250 g/mol. The molecule has 100 valence electrons. The van der Waals surface area contributed by atoms with Gasteiger partial charge in [-0.1, -0.05) is 37.3 Å². The zero-order chi connectivity index (χ0) is 13.6. The van der Waals surface area contributed by atoms with Crippen molar-refractivity contribution in [3.63, 3.8) is 0 Å². The summed E-state index contributed by atoms with van der Waals surface area (Å²) in [6.07, 6.45) is 0. The molecule has 0 aliphatic carbocycles. The molecule has 0 bridgehead atoms. The number of carbonyl (C=O) groups is 1. The van der Waals surface area contributed by atoms with Crippen molar-refractivity contribution in [2.75, 3.05) is 26.7 Å². The molecule has 0 fully saturated rings. The smallest absolute Gasteiger partial charge is 0.332 e. The average molecular weight is 250 g/mol. The van der Waals surface area contributed by atoms with Gasteiger partial charge in [0.05, 0.1) is 6.61 Å². The molecular weight excluding hydrogens is 228 g/mol. The van der Waals surface area contributed by atoms with Crippen molar-refractivity contribution in [3.8, 4) is 0 Å². The lowest BCUT2D eigenvalue weighted by molar-refractivity contribution is -0.150. The molecule has 4 heteroatoms. The third-order valence-electron chi connectivity index (χ3n) is 2.99. The summed E-state index contributed by atoms with van der Waals surface area (Å²) in [5, 5.41) is 0. The van der Waals surface area contributed by atoms with Gasteiger partial charge in [0.1, 0.15) is 0 Å². The maximum absolute atomic E-state index is 12.1. The normalized spacial score (nSPS) is 14.3. The molecule has 1 atom stereocenters. The molecular formula is C14H22N2O2. The Balaban J connectivity index is 3.05. The fourth-order valence-electron chi connectivity index (χ4n) is 1.81. The third-order valence-corrected chi connectivity index (χ3v) is 2.99. The van der Waals surface area contributed by atoms with Crippen LogP contribution in [0.1, 0.15) is 19.4 Å². The summed E-state index contributed by atoms with van der Waals surface area (Å²) in [6.45, 7) is 5.40. The molecule has 0 amide bonds. The van der Waals surface area contributed by atoms with Gasteiger partial charge in [0.2, 0.25) is 0 Å². The van der Waals surface area contributed by atoms with Gasteiger partial charge < -0.3 is 15.4 Å². The molecule has 0 radical (unpaired) electrons. The van der Waals surface area contributed by atoms with Gasteiger partial charge in [-0.3, -0.25) is 0 Å². The van der Waals surface area contributed by atoms with Crippen LogP contribution in [0.25, 0.3) is 0 Å². The van der Waals surface area contributed by atoms with Crippen LogP contribution >= 0.6 is 0 Å². The van der Waals surface area contributed by atoms with Crippen LogP contribution in [-0.4, -0.2) is 37.6 Å². The molecule has 1 unspecified atom stereocenters. The van der Waals surface area contributed by atoms with Crippen LogP contribution in [0, 0.1) is 0 Å². The third kappa shape index (κ3) is 3.31. The molecule has 0 aliphatic heterocycles. The number of nitrogens with two attached hydrogens (primary N) is 1. The van der Waals surface area contributed by atoms with E-state index in [9.17, 15) is 4.79 Å². The molecule has 0 aliphatic rings. The van der Waals surface area contributed by atoms with E-state index >= 15 is 0 Å². The second kappa shape index (κ2) is 6.52. The molecule has 0 heterocycles. The zero-order valence-corrected chi connectivity index (χ0v) is 11.3. The van der Waals surface area contributed by atoms with Gasteiger partial charge in [0.25, 0.3) is 0 Å². The summed E-state index contributed by atoms with van der Waals surface area (Å²) in [4.78, 5) is 14.1. The van der Waals surface area contributed by atoms with Gasteiger partial charge >= 0.3 is 5.97 Å². The molecule has 0 saturated heterocycles. The summed E-state index contributed by atoms with van der Waals surface area (Å²) in [6, 6.07) is 9.38. The van der Waals surface area contributed by atoms with Gasteiger partial charge in [-0.05, 0) is 26.1 Å². The lowest BCUT2D eigenvalue weighted by Gasteiger charge is -2.31. The van der Waals surface area contributed by atoms with E-state index in [4.69, 9.17) is 10.5 Å². The van der Waals surface area contributed by atoms with E-state index in [2.05, 4.69) is 0 Å². The first-order valence-electron chi connectivity index (χ1n) is 6.24. The summed E-state index contributed by atoms with van der Waals surface area (Å²) in [5.41, 5.74) is 5.98. The Kier molecular flexibility index (Phi) is 5.31. The Morgan fingerprint density at radius 3 is 2.44 bits per heavy atom. The average Bonchev–Trinajstić information content (AvgIpc) is 2.39. The largest absolute Gasteiger partial charge is 0.464 e. The van der Waals surface area contributed by atoms with Gasteiger partial charge in [0, 0.05) is 6.54 Å². The maximum Gasteiger partial charge on any atom is 0.332 e. The van der Waals surface area contributed by atoms with Gasteiger partial charge in [-0.25, -0.2) is 4.79 Å². The number of benzene rings is 1. The lowest BCUT2D eigenvalue weighted by atomic mass is 9.90. The van der Waals surface area contributed by atoms with Crippen molar-refractivity contribution in [2.45, 2.75) is 19.4 Å². The Labute approximate surface area is 109 Å². The van der Waals surface area contributed by atoms with Crippen LogP contribution < -0.4 is 5.73 Å². The van der Waals surface area contributed by atoms with Crippen LogP contribution in [0.5, 0.6) is 0 Å². The molecule has 1 aromatic carbocycles. The number of hydrogen-bond donors (Lipinski definition) is 1. The molecule has 2 N–H and O–H groups in total. The molecule has 18 heavy (non-hydrogen) atoms. The summed E-state index contributed by atoms with van der Waals surface area (Å²) < 4.78 is 5.12. The van der Waals surface area contributed by atoms with E-state index in [1.54, 1.807) is 6.92 Å². The topological polar surface area (TPSA) is 55.6 Å². The fraction of sp³-hybridized carbons (Fsp3) is 0.500.